The molecule has 0 radical (unpaired) electrons. The van der Waals surface area contributed by atoms with Gasteiger partial charge in [-0.25, -0.2) is 4.79 Å². The summed E-state index contributed by atoms with van der Waals surface area (Å²) in [6, 6.07) is 12.8. The Balaban J connectivity index is 1.92. The van der Waals surface area contributed by atoms with E-state index in [0.29, 0.717) is 5.57 Å². The minimum Gasteiger partial charge on any atom is -0.507 e. The molecule has 1 N–H and O–H groups in total. The number of methoxy groups -OCH3 is 1. The Bertz CT molecular complexity index is 1390. The van der Waals surface area contributed by atoms with Crippen LogP contribution in [0.2, 0.25) is 0 Å². The lowest BCUT2D eigenvalue weighted by molar-refractivity contribution is -0.137. The van der Waals surface area contributed by atoms with Gasteiger partial charge in [-0.3, -0.25) is 14.4 Å². The van der Waals surface area contributed by atoms with Crippen LogP contribution >= 0.6 is 0 Å². The molecule has 164 valence electrons. The minimum atomic E-state index is -1.86. The predicted octanol–water partition coefficient (Wildman–Crippen LogP) is 4.28. The van der Waals surface area contributed by atoms with Crippen LogP contribution in [0.5, 0.6) is 0 Å². The topological polar surface area (TPSA) is 97.7 Å². The number of aliphatic hydroxyl groups excluding tert-OH is 1. The van der Waals surface area contributed by atoms with Crippen molar-refractivity contribution in [1.82, 2.24) is 0 Å². The third kappa shape index (κ3) is 2.49. The number of Topliss-reactive ketones (excluding diaryl/α,β-unsaturated/α-hetero) is 3. The van der Waals surface area contributed by atoms with Crippen molar-refractivity contribution >= 4 is 29.1 Å². The van der Waals surface area contributed by atoms with Gasteiger partial charge in [0.05, 0.1) is 18.1 Å². The summed E-state index contributed by atoms with van der Waals surface area (Å²) in [5, 5.41) is 11.2. The quantitative estimate of drug-likeness (QED) is 0.553. The smallest absolute Gasteiger partial charge is 0.338 e. The molecule has 1 spiro atoms. The number of fused-ring (bicyclic) bond motifs is 3. The molecule has 0 saturated carbocycles. The number of esters is 1. The molecule has 5 rings (SSSR count). The van der Waals surface area contributed by atoms with Crippen molar-refractivity contribution in [3.63, 3.8) is 0 Å². The summed E-state index contributed by atoms with van der Waals surface area (Å²) in [6.45, 7) is 5.71. The fourth-order valence-electron chi connectivity index (χ4n) is 5.46. The van der Waals surface area contributed by atoms with Gasteiger partial charge in [-0.05, 0) is 13.3 Å². The van der Waals surface area contributed by atoms with Gasteiger partial charge in [0.25, 0.3) is 0 Å². The van der Waals surface area contributed by atoms with E-state index < -0.39 is 34.6 Å². The second-order valence-electron chi connectivity index (χ2n) is 8.59. The SMILES string of the molecule is C=C(C)[C@@H]1C[C@@]2(C(=O)c3ccccc3C(O)=C2C(=O)OC)C2=C1C(=O)c1ccccc1C2=O. The Morgan fingerprint density at radius 2 is 1.52 bits per heavy atom. The average Bonchev–Trinajstić information content (AvgIpc) is 3.18. The van der Waals surface area contributed by atoms with Gasteiger partial charge >= 0.3 is 5.97 Å². The van der Waals surface area contributed by atoms with Gasteiger partial charge in [0, 0.05) is 39.3 Å². The summed E-state index contributed by atoms with van der Waals surface area (Å²) in [7, 11) is 1.14. The third-order valence-corrected chi connectivity index (χ3v) is 6.91. The molecule has 0 bridgehead atoms. The molecule has 3 aliphatic rings. The van der Waals surface area contributed by atoms with Crippen LogP contribution in [0.15, 0.2) is 77.4 Å². The molecule has 3 aliphatic carbocycles. The number of aliphatic hydroxyl groups is 1. The second-order valence-corrected chi connectivity index (χ2v) is 8.59. The summed E-state index contributed by atoms with van der Waals surface area (Å²) in [6.07, 6.45) is -0.0693. The monoisotopic (exact) mass is 440 g/mol. The summed E-state index contributed by atoms with van der Waals surface area (Å²) >= 11 is 0. The fraction of sp³-hybridized carbons (Fsp3) is 0.185. The number of allylic oxidation sites excluding steroid dienone is 3. The Morgan fingerprint density at radius 1 is 0.970 bits per heavy atom. The molecule has 0 heterocycles. The van der Waals surface area contributed by atoms with Gasteiger partial charge in [0.2, 0.25) is 0 Å². The van der Waals surface area contributed by atoms with Crippen molar-refractivity contribution < 1.29 is 29.0 Å². The minimum absolute atomic E-state index is 0.0642. The molecule has 2 aromatic carbocycles. The van der Waals surface area contributed by atoms with Gasteiger partial charge in [-0.2, -0.15) is 0 Å². The average molecular weight is 440 g/mol. The molecule has 6 nitrogen and oxygen atoms in total. The van der Waals surface area contributed by atoms with E-state index >= 15 is 0 Å². The normalized spacial score (nSPS) is 23.5. The van der Waals surface area contributed by atoms with Crippen molar-refractivity contribution in [3.8, 4) is 0 Å². The van der Waals surface area contributed by atoms with Crippen LogP contribution in [0.4, 0.5) is 0 Å². The van der Waals surface area contributed by atoms with E-state index in [1.807, 2.05) is 0 Å². The maximum absolute atomic E-state index is 14.1. The number of carbonyl (C=O) groups excluding carboxylic acids is 4. The largest absolute Gasteiger partial charge is 0.507 e. The van der Waals surface area contributed by atoms with Crippen LogP contribution in [0.3, 0.4) is 0 Å². The van der Waals surface area contributed by atoms with Crippen LogP contribution in [0, 0.1) is 11.3 Å². The molecule has 6 heteroatoms. The molecule has 0 amide bonds. The first-order valence-electron chi connectivity index (χ1n) is 10.5. The second kappa shape index (κ2) is 6.97. The van der Waals surface area contributed by atoms with Crippen molar-refractivity contribution in [1.29, 1.82) is 0 Å². The molecule has 0 aliphatic heterocycles. The molecular formula is C27H20O6. The van der Waals surface area contributed by atoms with E-state index in [-0.39, 0.29) is 51.2 Å². The molecular weight excluding hydrogens is 420 g/mol. The summed E-state index contributed by atoms with van der Waals surface area (Å²) in [4.78, 5) is 54.6. The summed E-state index contributed by atoms with van der Waals surface area (Å²) in [5.74, 6) is -3.40. The predicted molar refractivity (Wildman–Crippen MR) is 120 cm³/mol. The zero-order chi connectivity index (χ0) is 23.7. The number of benzene rings is 2. The first kappa shape index (κ1) is 20.8. The van der Waals surface area contributed by atoms with E-state index in [1.54, 1.807) is 43.3 Å². The van der Waals surface area contributed by atoms with Gasteiger partial charge in [-0.15, -0.1) is 0 Å². The standard InChI is InChI=1S/C27H20O6/c1-13(2)18-12-27(20-19(18)22(28)14-8-4-5-9-15(14)23(20)29)21(26(32)33-3)24(30)16-10-6-7-11-17(16)25(27)31/h4-11,18,30H,1,12H2,2-3H3/t18-,27+/m0/s1. The maximum atomic E-state index is 14.1. The van der Waals surface area contributed by atoms with E-state index in [1.165, 1.54) is 12.1 Å². The molecule has 0 unspecified atom stereocenters. The Morgan fingerprint density at radius 3 is 2.09 bits per heavy atom. The Hall–Kier alpha value is -4.06. The molecule has 33 heavy (non-hydrogen) atoms. The third-order valence-electron chi connectivity index (χ3n) is 6.91. The Labute approximate surface area is 189 Å². The number of carbonyl (C=O) groups is 4. The van der Waals surface area contributed by atoms with Crippen LogP contribution in [0.1, 0.15) is 50.0 Å². The lowest BCUT2D eigenvalue weighted by Crippen LogP contribution is -2.43. The van der Waals surface area contributed by atoms with Gasteiger partial charge in [0.1, 0.15) is 5.76 Å². The lowest BCUT2D eigenvalue weighted by Gasteiger charge is -2.37. The van der Waals surface area contributed by atoms with Crippen molar-refractivity contribution in [2.24, 2.45) is 11.3 Å². The molecule has 0 saturated heterocycles. The van der Waals surface area contributed by atoms with E-state index in [9.17, 15) is 24.3 Å². The highest BCUT2D eigenvalue weighted by Crippen LogP contribution is 2.60. The van der Waals surface area contributed by atoms with Gasteiger partial charge < -0.3 is 9.84 Å². The lowest BCUT2D eigenvalue weighted by atomic mass is 9.62. The summed E-state index contributed by atoms with van der Waals surface area (Å²) < 4.78 is 4.97. The number of ketones is 3. The van der Waals surface area contributed by atoms with E-state index in [2.05, 4.69) is 6.58 Å². The first-order chi connectivity index (χ1) is 15.8. The van der Waals surface area contributed by atoms with E-state index in [4.69, 9.17) is 4.74 Å². The highest BCUT2D eigenvalue weighted by Gasteiger charge is 2.63. The summed E-state index contributed by atoms with van der Waals surface area (Å²) in [5.41, 5.74) is -0.718. The first-order valence-corrected chi connectivity index (χ1v) is 10.5. The number of ether oxygens (including phenoxy) is 1. The highest BCUT2D eigenvalue weighted by atomic mass is 16.5. The van der Waals surface area contributed by atoms with E-state index in [0.717, 1.165) is 7.11 Å². The van der Waals surface area contributed by atoms with Crippen molar-refractivity contribution in [2.45, 2.75) is 13.3 Å². The zero-order valence-electron chi connectivity index (χ0n) is 18.1. The van der Waals surface area contributed by atoms with Crippen LogP contribution < -0.4 is 0 Å². The number of rotatable bonds is 2. The molecule has 2 atom stereocenters. The Kier molecular flexibility index (Phi) is 4.40. The van der Waals surface area contributed by atoms with Crippen molar-refractivity contribution in [2.75, 3.05) is 7.11 Å². The number of hydrogen-bond acceptors (Lipinski definition) is 6. The zero-order valence-corrected chi connectivity index (χ0v) is 18.1. The van der Waals surface area contributed by atoms with Crippen molar-refractivity contribution in [3.05, 3.63) is 99.7 Å². The number of hydrogen-bond donors (Lipinski definition) is 1. The highest BCUT2D eigenvalue weighted by molar-refractivity contribution is 6.33. The van der Waals surface area contributed by atoms with Gasteiger partial charge in [0.15, 0.2) is 17.3 Å². The van der Waals surface area contributed by atoms with Crippen LogP contribution in [0.25, 0.3) is 5.76 Å². The molecule has 0 aromatic heterocycles. The van der Waals surface area contributed by atoms with Crippen LogP contribution in [-0.4, -0.2) is 35.5 Å². The van der Waals surface area contributed by atoms with Gasteiger partial charge in [-0.1, -0.05) is 60.7 Å². The fourth-order valence-corrected chi connectivity index (χ4v) is 5.46. The van der Waals surface area contributed by atoms with Crippen LogP contribution in [-0.2, 0) is 9.53 Å². The molecule has 0 fully saturated rings. The maximum Gasteiger partial charge on any atom is 0.338 e. The molecule has 2 aromatic rings.